The normalized spacial score (nSPS) is 9.89. The first-order valence-corrected chi connectivity index (χ1v) is 6.30. The number of amides is 2. The van der Waals surface area contributed by atoms with Crippen LogP contribution in [0.15, 0.2) is 54.7 Å². The number of hydrogen-bond donors (Lipinski definition) is 2. The number of urea groups is 1. The molecule has 19 heavy (non-hydrogen) atoms. The van der Waals surface area contributed by atoms with Crippen LogP contribution in [0.4, 0.5) is 4.79 Å². The third-order valence-electron chi connectivity index (χ3n) is 2.69. The molecule has 0 radical (unpaired) electrons. The number of aromatic nitrogens is 1. The maximum atomic E-state index is 11.6. The van der Waals surface area contributed by atoms with Crippen LogP contribution in [-0.4, -0.2) is 17.6 Å². The van der Waals surface area contributed by atoms with Crippen molar-refractivity contribution in [3.05, 3.63) is 66.0 Å². The molecule has 4 heteroatoms. The van der Waals surface area contributed by atoms with Crippen LogP contribution < -0.4 is 10.6 Å². The second kappa shape index (κ2) is 7.16. The second-order valence-corrected chi connectivity index (χ2v) is 4.17. The Morgan fingerprint density at radius 1 is 1.00 bits per heavy atom. The van der Waals surface area contributed by atoms with Gasteiger partial charge in [-0.15, -0.1) is 0 Å². The summed E-state index contributed by atoms with van der Waals surface area (Å²) in [6.07, 6.45) is 2.49. The Bertz CT molecular complexity index is 499. The van der Waals surface area contributed by atoms with Crippen LogP contribution in [-0.2, 0) is 13.0 Å². The standard InChI is InChI=1S/C15H17N3O/c19-15(18-12-13-6-2-1-3-7-13)17-11-9-14-8-4-5-10-16-14/h1-8,10H,9,11-12H2,(H2,17,18,19). The fraction of sp³-hybridized carbons (Fsp3) is 0.200. The van der Waals surface area contributed by atoms with Crippen LogP contribution in [0.1, 0.15) is 11.3 Å². The number of carbonyl (C=O) groups is 1. The van der Waals surface area contributed by atoms with E-state index in [0.717, 1.165) is 17.7 Å². The van der Waals surface area contributed by atoms with Crippen molar-refractivity contribution in [1.82, 2.24) is 15.6 Å². The highest BCUT2D eigenvalue weighted by atomic mass is 16.2. The van der Waals surface area contributed by atoms with Crippen LogP contribution in [0.5, 0.6) is 0 Å². The summed E-state index contributed by atoms with van der Waals surface area (Å²) in [6, 6.07) is 15.4. The van der Waals surface area contributed by atoms with Gasteiger partial charge in [0.25, 0.3) is 0 Å². The molecule has 0 atom stereocenters. The molecule has 2 rings (SSSR count). The molecule has 98 valence electrons. The van der Waals surface area contributed by atoms with Gasteiger partial charge in [0.05, 0.1) is 0 Å². The van der Waals surface area contributed by atoms with Crippen molar-refractivity contribution in [3.8, 4) is 0 Å². The van der Waals surface area contributed by atoms with Gasteiger partial charge in [-0.3, -0.25) is 4.98 Å². The molecule has 0 spiro atoms. The van der Waals surface area contributed by atoms with E-state index in [1.165, 1.54) is 0 Å². The predicted molar refractivity (Wildman–Crippen MR) is 74.6 cm³/mol. The minimum atomic E-state index is -0.153. The number of pyridine rings is 1. The quantitative estimate of drug-likeness (QED) is 0.860. The van der Waals surface area contributed by atoms with Crippen molar-refractivity contribution in [1.29, 1.82) is 0 Å². The van der Waals surface area contributed by atoms with E-state index in [9.17, 15) is 4.79 Å². The van der Waals surface area contributed by atoms with Gasteiger partial charge in [-0.05, 0) is 17.7 Å². The predicted octanol–water partition coefficient (Wildman–Crippen LogP) is 2.12. The maximum Gasteiger partial charge on any atom is 0.315 e. The average Bonchev–Trinajstić information content (AvgIpc) is 2.47. The molecule has 0 saturated carbocycles. The smallest absolute Gasteiger partial charge is 0.315 e. The Labute approximate surface area is 112 Å². The maximum absolute atomic E-state index is 11.6. The van der Waals surface area contributed by atoms with Crippen LogP contribution in [0.2, 0.25) is 0 Å². The van der Waals surface area contributed by atoms with Gasteiger partial charge in [0.2, 0.25) is 0 Å². The largest absolute Gasteiger partial charge is 0.338 e. The van der Waals surface area contributed by atoms with E-state index in [-0.39, 0.29) is 6.03 Å². The molecule has 0 saturated heterocycles. The van der Waals surface area contributed by atoms with E-state index >= 15 is 0 Å². The molecule has 4 nitrogen and oxygen atoms in total. The first-order chi connectivity index (χ1) is 9.34. The molecule has 0 aliphatic rings. The molecule has 1 heterocycles. The van der Waals surface area contributed by atoms with Crippen molar-refractivity contribution < 1.29 is 4.79 Å². The van der Waals surface area contributed by atoms with E-state index in [1.54, 1.807) is 6.20 Å². The Morgan fingerprint density at radius 3 is 2.53 bits per heavy atom. The van der Waals surface area contributed by atoms with E-state index in [4.69, 9.17) is 0 Å². The Hall–Kier alpha value is -2.36. The highest BCUT2D eigenvalue weighted by Crippen LogP contribution is 1.97. The number of benzene rings is 1. The second-order valence-electron chi connectivity index (χ2n) is 4.17. The van der Waals surface area contributed by atoms with Gasteiger partial charge in [0.15, 0.2) is 0 Å². The monoisotopic (exact) mass is 255 g/mol. The molecule has 0 unspecified atom stereocenters. The third kappa shape index (κ3) is 4.79. The van der Waals surface area contributed by atoms with Gasteiger partial charge in [0, 0.05) is 31.4 Å². The van der Waals surface area contributed by atoms with Crippen LogP contribution in [0.25, 0.3) is 0 Å². The summed E-state index contributed by atoms with van der Waals surface area (Å²) in [5.74, 6) is 0. The number of nitrogens with zero attached hydrogens (tertiary/aromatic N) is 1. The summed E-state index contributed by atoms with van der Waals surface area (Å²) in [7, 11) is 0. The molecule has 0 bridgehead atoms. The van der Waals surface area contributed by atoms with Crippen molar-refractivity contribution in [2.24, 2.45) is 0 Å². The lowest BCUT2D eigenvalue weighted by molar-refractivity contribution is 0.240. The lowest BCUT2D eigenvalue weighted by Crippen LogP contribution is -2.36. The number of rotatable bonds is 5. The average molecular weight is 255 g/mol. The zero-order chi connectivity index (χ0) is 13.3. The van der Waals surface area contributed by atoms with Crippen molar-refractivity contribution in [2.45, 2.75) is 13.0 Å². The SMILES string of the molecule is O=C(NCCc1ccccn1)NCc1ccccc1. The molecular weight excluding hydrogens is 238 g/mol. The topological polar surface area (TPSA) is 54.0 Å². The fourth-order valence-electron chi connectivity index (χ4n) is 1.69. The molecule has 0 aliphatic carbocycles. The van der Waals surface area contributed by atoms with Gasteiger partial charge in [-0.1, -0.05) is 36.4 Å². The zero-order valence-electron chi connectivity index (χ0n) is 10.7. The molecule has 2 N–H and O–H groups in total. The van der Waals surface area contributed by atoms with Crippen LogP contribution in [0, 0.1) is 0 Å². The van der Waals surface area contributed by atoms with Gasteiger partial charge >= 0.3 is 6.03 Å². The first-order valence-electron chi connectivity index (χ1n) is 6.30. The van der Waals surface area contributed by atoms with Crippen molar-refractivity contribution in [3.63, 3.8) is 0 Å². The van der Waals surface area contributed by atoms with E-state index in [0.29, 0.717) is 13.1 Å². The summed E-state index contributed by atoms with van der Waals surface area (Å²) in [6.45, 7) is 1.12. The summed E-state index contributed by atoms with van der Waals surface area (Å²) in [5, 5.41) is 5.63. The highest BCUT2D eigenvalue weighted by molar-refractivity contribution is 5.73. The number of nitrogens with one attached hydrogen (secondary N) is 2. The van der Waals surface area contributed by atoms with Gasteiger partial charge in [-0.25, -0.2) is 4.79 Å². The van der Waals surface area contributed by atoms with Crippen LogP contribution >= 0.6 is 0 Å². The third-order valence-corrected chi connectivity index (χ3v) is 2.69. The Morgan fingerprint density at radius 2 is 1.79 bits per heavy atom. The Balaban J connectivity index is 1.65. The minimum Gasteiger partial charge on any atom is -0.338 e. The lowest BCUT2D eigenvalue weighted by atomic mass is 10.2. The molecule has 2 amide bonds. The molecule has 1 aromatic heterocycles. The molecule has 0 aliphatic heterocycles. The van der Waals surface area contributed by atoms with E-state index in [2.05, 4.69) is 15.6 Å². The summed E-state index contributed by atoms with van der Waals surface area (Å²) in [5.41, 5.74) is 2.06. The van der Waals surface area contributed by atoms with Crippen molar-refractivity contribution >= 4 is 6.03 Å². The van der Waals surface area contributed by atoms with E-state index in [1.807, 2.05) is 48.5 Å². The number of hydrogen-bond acceptors (Lipinski definition) is 2. The molecule has 0 fully saturated rings. The van der Waals surface area contributed by atoms with Gasteiger partial charge < -0.3 is 10.6 Å². The zero-order valence-corrected chi connectivity index (χ0v) is 10.7. The van der Waals surface area contributed by atoms with Gasteiger partial charge in [-0.2, -0.15) is 0 Å². The summed E-state index contributed by atoms with van der Waals surface area (Å²) in [4.78, 5) is 15.8. The summed E-state index contributed by atoms with van der Waals surface area (Å²) < 4.78 is 0. The fourth-order valence-corrected chi connectivity index (χ4v) is 1.69. The Kier molecular flexibility index (Phi) is 4.93. The number of carbonyl (C=O) groups excluding carboxylic acids is 1. The molecule has 2 aromatic rings. The highest BCUT2D eigenvalue weighted by Gasteiger charge is 2.00. The molecule has 1 aromatic carbocycles. The first kappa shape index (κ1) is 13.1. The summed E-state index contributed by atoms with van der Waals surface area (Å²) >= 11 is 0. The van der Waals surface area contributed by atoms with E-state index < -0.39 is 0 Å². The van der Waals surface area contributed by atoms with Crippen LogP contribution in [0.3, 0.4) is 0 Å². The lowest BCUT2D eigenvalue weighted by Gasteiger charge is -2.07. The molecular formula is C15H17N3O. The van der Waals surface area contributed by atoms with Crippen molar-refractivity contribution in [2.75, 3.05) is 6.54 Å². The minimum absolute atomic E-state index is 0.153. The van der Waals surface area contributed by atoms with Gasteiger partial charge in [0.1, 0.15) is 0 Å².